The van der Waals surface area contributed by atoms with Gasteiger partial charge in [0.15, 0.2) is 11.0 Å². The van der Waals surface area contributed by atoms with Crippen LogP contribution in [0.2, 0.25) is 5.02 Å². The van der Waals surface area contributed by atoms with Gasteiger partial charge in [-0.2, -0.15) is 0 Å². The van der Waals surface area contributed by atoms with Gasteiger partial charge in [-0.05, 0) is 44.0 Å². The lowest BCUT2D eigenvalue weighted by molar-refractivity contribution is -0.120. The minimum Gasteiger partial charge on any atom is -0.467 e. The molecule has 1 amide bonds. The average molecular weight is 431 g/mol. The number of amides is 1. The molecule has 0 bridgehead atoms. The van der Waals surface area contributed by atoms with Crippen molar-refractivity contribution in [2.75, 3.05) is 0 Å². The third kappa shape index (κ3) is 4.51. The van der Waals surface area contributed by atoms with E-state index in [9.17, 15) is 4.79 Å². The Hall–Kier alpha value is -2.25. The van der Waals surface area contributed by atoms with Crippen molar-refractivity contribution in [2.24, 2.45) is 0 Å². The van der Waals surface area contributed by atoms with Gasteiger partial charge in [-0.15, -0.1) is 10.2 Å². The lowest BCUT2D eigenvalue weighted by Crippen LogP contribution is -2.30. The molecule has 8 heteroatoms. The number of furan rings is 1. The summed E-state index contributed by atoms with van der Waals surface area (Å²) in [6.07, 6.45) is 6.15. The number of rotatable bonds is 7. The van der Waals surface area contributed by atoms with Crippen molar-refractivity contribution >= 4 is 29.3 Å². The van der Waals surface area contributed by atoms with Gasteiger partial charge >= 0.3 is 0 Å². The number of halogens is 1. The first kappa shape index (κ1) is 20.0. The molecule has 1 aliphatic carbocycles. The third-order valence-electron chi connectivity index (χ3n) is 5.14. The smallest absolute Gasteiger partial charge is 0.233 e. The molecule has 1 fully saturated rings. The average Bonchev–Trinajstić information content (AvgIpc) is 3.48. The first-order valence-electron chi connectivity index (χ1n) is 9.80. The van der Waals surface area contributed by atoms with Crippen molar-refractivity contribution in [3.05, 3.63) is 53.4 Å². The highest BCUT2D eigenvalue weighted by Gasteiger charge is 2.27. The van der Waals surface area contributed by atoms with E-state index in [0.717, 1.165) is 35.1 Å². The van der Waals surface area contributed by atoms with E-state index in [0.29, 0.717) is 17.6 Å². The van der Waals surface area contributed by atoms with Gasteiger partial charge in [0, 0.05) is 11.6 Å². The molecule has 1 atom stereocenters. The van der Waals surface area contributed by atoms with E-state index in [1.807, 2.05) is 37.3 Å². The van der Waals surface area contributed by atoms with Gasteiger partial charge in [0.2, 0.25) is 5.91 Å². The Balaban J connectivity index is 1.55. The summed E-state index contributed by atoms with van der Waals surface area (Å²) in [5, 5.41) is 12.9. The standard InChI is InChI=1S/C21H23ClN4O2S/c1-14(20(27)23-13-16-9-6-12-28-16)29-21-25-24-19(17-10-4-5-11-18(17)22)26(21)15-7-2-3-8-15/h4-6,9-12,14-15H,2-3,7-8,13H2,1H3,(H,23,27)/t14-/m0/s1. The zero-order valence-corrected chi connectivity index (χ0v) is 17.7. The molecule has 2 heterocycles. The van der Waals surface area contributed by atoms with Crippen LogP contribution in [0.4, 0.5) is 0 Å². The number of carbonyl (C=O) groups is 1. The lowest BCUT2D eigenvalue weighted by Gasteiger charge is -2.18. The summed E-state index contributed by atoms with van der Waals surface area (Å²) in [5.41, 5.74) is 0.871. The third-order valence-corrected chi connectivity index (χ3v) is 6.52. The van der Waals surface area contributed by atoms with Gasteiger partial charge in [-0.25, -0.2) is 0 Å². The Morgan fingerprint density at radius 2 is 2.07 bits per heavy atom. The molecule has 6 nitrogen and oxygen atoms in total. The number of nitrogens with zero attached hydrogens (tertiary/aromatic N) is 3. The van der Waals surface area contributed by atoms with Crippen LogP contribution in [0.5, 0.6) is 0 Å². The molecule has 1 N–H and O–H groups in total. The molecule has 0 unspecified atom stereocenters. The number of carbonyl (C=O) groups excluding carboxylic acids is 1. The minimum atomic E-state index is -0.312. The first-order chi connectivity index (χ1) is 14.1. The van der Waals surface area contributed by atoms with Crippen molar-refractivity contribution < 1.29 is 9.21 Å². The fraction of sp³-hybridized carbons (Fsp3) is 0.381. The number of hydrogen-bond acceptors (Lipinski definition) is 5. The van der Waals surface area contributed by atoms with E-state index >= 15 is 0 Å². The van der Waals surface area contributed by atoms with E-state index in [4.69, 9.17) is 16.0 Å². The summed E-state index contributed by atoms with van der Waals surface area (Å²) in [6, 6.07) is 11.7. The lowest BCUT2D eigenvalue weighted by atomic mass is 10.2. The highest BCUT2D eigenvalue weighted by atomic mass is 35.5. The zero-order valence-electron chi connectivity index (χ0n) is 16.2. The van der Waals surface area contributed by atoms with Crippen LogP contribution in [-0.4, -0.2) is 25.9 Å². The van der Waals surface area contributed by atoms with Gasteiger partial charge < -0.3 is 9.73 Å². The normalized spacial score (nSPS) is 15.5. The molecule has 1 aliphatic rings. The summed E-state index contributed by atoms with van der Waals surface area (Å²) in [6.45, 7) is 2.25. The molecule has 4 rings (SSSR count). The van der Waals surface area contributed by atoms with Gasteiger partial charge in [-0.1, -0.05) is 48.3 Å². The van der Waals surface area contributed by atoms with Gasteiger partial charge in [0.05, 0.1) is 23.1 Å². The van der Waals surface area contributed by atoms with E-state index in [1.54, 1.807) is 12.3 Å². The van der Waals surface area contributed by atoms with Crippen molar-refractivity contribution in [1.82, 2.24) is 20.1 Å². The summed E-state index contributed by atoms with van der Waals surface area (Å²) < 4.78 is 7.45. The molecule has 0 radical (unpaired) electrons. The van der Waals surface area contributed by atoms with Crippen molar-refractivity contribution in [3.8, 4) is 11.4 Å². The van der Waals surface area contributed by atoms with Crippen molar-refractivity contribution in [3.63, 3.8) is 0 Å². The monoisotopic (exact) mass is 430 g/mol. The maximum Gasteiger partial charge on any atom is 0.233 e. The number of thioether (sulfide) groups is 1. The van der Waals surface area contributed by atoms with Crippen LogP contribution < -0.4 is 5.32 Å². The summed E-state index contributed by atoms with van der Waals surface area (Å²) >= 11 is 7.86. The van der Waals surface area contributed by atoms with Crippen LogP contribution >= 0.6 is 23.4 Å². The molecular formula is C21H23ClN4O2S. The first-order valence-corrected chi connectivity index (χ1v) is 11.1. The van der Waals surface area contributed by atoms with Crippen LogP contribution in [0, 0.1) is 0 Å². The largest absolute Gasteiger partial charge is 0.467 e. The summed E-state index contributed by atoms with van der Waals surface area (Å²) in [4.78, 5) is 12.6. The molecule has 1 aromatic carbocycles. The van der Waals surface area contributed by atoms with Crippen LogP contribution in [0.25, 0.3) is 11.4 Å². The summed E-state index contributed by atoms with van der Waals surface area (Å²) in [7, 11) is 0. The molecular weight excluding hydrogens is 408 g/mol. The number of nitrogens with one attached hydrogen (secondary N) is 1. The highest BCUT2D eigenvalue weighted by Crippen LogP contribution is 2.38. The Kier molecular flexibility index (Phi) is 6.25. The molecule has 2 aromatic heterocycles. The van der Waals surface area contributed by atoms with E-state index in [-0.39, 0.29) is 11.2 Å². The Morgan fingerprint density at radius 3 is 2.79 bits per heavy atom. The topological polar surface area (TPSA) is 73.0 Å². The predicted molar refractivity (Wildman–Crippen MR) is 114 cm³/mol. The zero-order chi connectivity index (χ0) is 20.2. The van der Waals surface area contributed by atoms with E-state index in [1.165, 1.54) is 24.6 Å². The number of aromatic nitrogens is 3. The second kappa shape index (κ2) is 9.05. The van der Waals surface area contributed by atoms with Crippen LogP contribution in [0.15, 0.2) is 52.2 Å². The fourth-order valence-electron chi connectivity index (χ4n) is 3.62. The Labute approximate surface area is 179 Å². The molecule has 0 aliphatic heterocycles. The fourth-order valence-corrected chi connectivity index (χ4v) is 4.78. The second-order valence-corrected chi connectivity index (χ2v) is 8.87. The predicted octanol–water partition coefficient (Wildman–Crippen LogP) is 5.10. The maximum atomic E-state index is 12.6. The maximum absolute atomic E-state index is 12.6. The van der Waals surface area contributed by atoms with E-state index < -0.39 is 0 Å². The highest BCUT2D eigenvalue weighted by molar-refractivity contribution is 8.00. The second-order valence-electron chi connectivity index (χ2n) is 7.15. The summed E-state index contributed by atoms with van der Waals surface area (Å²) in [5.74, 6) is 1.44. The molecule has 29 heavy (non-hydrogen) atoms. The van der Waals surface area contributed by atoms with Crippen molar-refractivity contribution in [1.29, 1.82) is 0 Å². The minimum absolute atomic E-state index is 0.0633. The molecule has 3 aromatic rings. The van der Waals surface area contributed by atoms with Crippen LogP contribution in [0.1, 0.15) is 44.4 Å². The number of hydrogen-bond donors (Lipinski definition) is 1. The molecule has 0 spiro atoms. The van der Waals surface area contributed by atoms with Gasteiger partial charge in [-0.3, -0.25) is 9.36 Å². The van der Waals surface area contributed by atoms with Crippen LogP contribution in [-0.2, 0) is 11.3 Å². The van der Waals surface area contributed by atoms with Gasteiger partial charge in [0.25, 0.3) is 0 Å². The quantitative estimate of drug-likeness (QED) is 0.527. The number of benzene rings is 1. The molecule has 1 saturated carbocycles. The van der Waals surface area contributed by atoms with Crippen LogP contribution in [0.3, 0.4) is 0 Å². The molecule has 0 saturated heterocycles. The van der Waals surface area contributed by atoms with E-state index in [2.05, 4.69) is 20.1 Å². The molecule has 152 valence electrons. The SMILES string of the molecule is C[C@H](Sc1nnc(-c2ccccc2Cl)n1C1CCCC1)C(=O)NCc1ccco1. The van der Waals surface area contributed by atoms with Crippen molar-refractivity contribution in [2.45, 2.75) is 55.6 Å². The Morgan fingerprint density at radius 1 is 1.28 bits per heavy atom. The van der Waals surface area contributed by atoms with Gasteiger partial charge in [0.1, 0.15) is 5.76 Å². The Bertz CT molecular complexity index is 967.